The summed E-state index contributed by atoms with van der Waals surface area (Å²) in [4.78, 5) is 14.1. The van der Waals surface area contributed by atoms with E-state index in [1.165, 1.54) is 4.88 Å². The zero-order valence-electron chi connectivity index (χ0n) is 10.8. The lowest BCUT2D eigenvalue weighted by molar-refractivity contribution is 0.112. The van der Waals surface area contributed by atoms with E-state index in [-0.39, 0.29) is 6.04 Å². The van der Waals surface area contributed by atoms with Crippen molar-refractivity contribution in [1.82, 2.24) is 0 Å². The second-order valence-electron chi connectivity index (χ2n) is 4.31. The summed E-state index contributed by atoms with van der Waals surface area (Å²) in [6.45, 7) is 2.10. The van der Waals surface area contributed by atoms with Crippen LogP contribution in [0.1, 0.15) is 33.8 Å². The number of hydrogen-bond acceptors (Lipinski definition) is 4. The van der Waals surface area contributed by atoms with Crippen LogP contribution in [0.25, 0.3) is 0 Å². The number of carbonyl (C=O) groups is 1. The van der Waals surface area contributed by atoms with Crippen molar-refractivity contribution in [2.24, 2.45) is 0 Å². The van der Waals surface area contributed by atoms with Crippen molar-refractivity contribution in [2.45, 2.75) is 13.0 Å². The van der Waals surface area contributed by atoms with E-state index in [0.29, 0.717) is 11.1 Å². The molecule has 1 unspecified atom stereocenters. The maximum Gasteiger partial charge on any atom is 0.150 e. The molecule has 1 aromatic carbocycles. The van der Waals surface area contributed by atoms with Crippen LogP contribution in [0.3, 0.4) is 0 Å². The summed E-state index contributed by atoms with van der Waals surface area (Å²) in [5.41, 5.74) is 1.89. The van der Waals surface area contributed by atoms with Crippen LogP contribution in [-0.4, -0.2) is 13.3 Å². The number of benzene rings is 1. The van der Waals surface area contributed by atoms with Gasteiger partial charge in [0, 0.05) is 17.5 Å². The highest BCUT2D eigenvalue weighted by atomic mass is 32.1. The fourth-order valence-corrected chi connectivity index (χ4v) is 2.78. The fraction of sp³-hybridized carbons (Fsp3) is 0.200. The molecule has 2 rings (SSSR count). The van der Waals surface area contributed by atoms with Gasteiger partial charge in [-0.2, -0.15) is 5.26 Å². The molecule has 96 valence electrons. The Balaban J connectivity index is 2.36. The van der Waals surface area contributed by atoms with Crippen LogP contribution >= 0.6 is 11.3 Å². The normalized spacial score (nSPS) is 11.6. The summed E-state index contributed by atoms with van der Waals surface area (Å²) in [5.74, 6) is 0. The summed E-state index contributed by atoms with van der Waals surface area (Å²) in [7, 11) is 1.96. The van der Waals surface area contributed by atoms with E-state index in [2.05, 4.69) is 24.0 Å². The Labute approximate surface area is 116 Å². The molecule has 3 nitrogen and oxygen atoms in total. The van der Waals surface area contributed by atoms with Crippen molar-refractivity contribution in [3.8, 4) is 6.07 Å². The first kappa shape index (κ1) is 13.3. The first-order valence-electron chi connectivity index (χ1n) is 5.93. The van der Waals surface area contributed by atoms with Crippen LogP contribution in [-0.2, 0) is 0 Å². The predicted octanol–water partition coefficient (Wildman–Crippen LogP) is 3.63. The molecular formula is C15H14N2OS. The highest BCUT2D eigenvalue weighted by Gasteiger charge is 2.16. The Bertz CT molecular complexity index is 614. The van der Waals surface area contributed by atoms with Crippen molar-refractivity contribution in [3.63, 3.8) is 0 Å². The number of anilines is 1. The molecule has 1 heterocycles. The minimum atomic E-state index is 0.189. The lowest BCUT2D eigenvalue weighted by atomic mass is 10.1. The lowest BCUT2D eigenvalue weighted by Crippen LogP contribution is -2.21. The molecule has 0 saturated heterocycles. The molecule has 0 aliphatic heterocycles. The largest absolute Gasteiger partial charge is 0.366 e. The maximum atomic E-state index is 10.8. The van der Waals surface area contributed by atoms with E-state index < -0.39 is 0 Å². The molecule has 1 atom stereocenters. The zero-order chi connectivity index (χ0) is 13.8. The first-order valence-corrected chi connectivity index (χ1v) is 6.81. The van der Waals surface area contributed by atoms with E-state index in [0.717, 1.165) is 12.0 Å². The Morgan fingerprint density at radius 1 is 1.42 bits per heavy atom. The van der Waals surface area contributed by atoms with Crippen molar-refractivity contribution >= 4 is 23.3 Å². The molecule has 0 N–H and O–H groups in total. The van der Waals surface area contributed by atoms with Gasteiger partial charge in [-0.3, -0.25) is 4.79 Å². The van der Waals surface area contributed by atoms with Crippen LogP contribution in [0.4, 0.5) is 5.69 Å². The molecule has 0 radical (unpaired) electrons. The van der Waals surface area contributed by atoms with Crippen molar-refractivity contribution in [1.29, 1.82) is 5.26 Å². The molecule has 0 spiro atoms. The average molecular weight is 270 g/mol. The van der Waals surface area contributed by atoms with Gasteiger partial charge in [0.1, 0.15) is 12.4 Å². The van der Waals surface area contributed by atoms with Crippen LogP contribution in [0, 0.1) is 11.3 Å². The fourth-order valence-electron chi connectivity index (χ4n) is 1.95. The van der Waals surface area contributed by atoms with Gasteiger partial charge in [-0.25, -0.2) is 0 Å². The SMILES string of the molecule is CC(c1cccs1)N(C)c1ccc(C=O)cc1C#N. The van der Waals surface area contributed by atoms with E-state index >= 15 is 0 Å². The number of carbonyl (C=O) groups excluding carboxylic acids is 1. The standard InChI is InChI=1S/C15H14N2OS/c1-11(15-4-3-7-19-15)17(2)14-6-5-12(10-18)8-13(14)9-16/h3-8,10-11H,1-2H3. The Morgan fingerprint density at radius 2 is 2.21 bits per heavy atom. The molecule has 0 saturated carbocycles. The summed E-state index contributed by atoms with van der Waals surface area (Å²) < 4.78 is 0. The zero-order valence-corrected chi connectivity index (χ0v) is 11.6. The number of rotatable bonds is 4. The number of nitrogens with zero attached hydrogens (tertiary/aromatic N) is 2. The highest BCUT2D eigenvalue weighted by Crippen LogP contribution is 2.30. The van der Waals surface area contributed by atoms with Crippen LogP contribution < -0.4 is 4.90 Å². The maximum absolute atomic E-state index is 10.8. The van der Waals surface area contributed by atoms with Gasteiger partial charge in [-0.05, 0) is 36.6 Å². The minimum absolute atomic E-state index is 0.189. The van der Waals surface area contributed by atoms with E-state index in [1.807, 2.05) is 24.6 Å². The van der Waals surface area contributed by atoms with Crippen LogP contribution in [0.5, 0.6) is 0 Å². The third-order valence-electron chi connectivity index (χ3n) is 3.19. The number of nitriles is 1. The second kappa shape index (κ2) is 5.68. The number of aldehydes is 1. The molecule has 0 aliphatic rings. The topological polar surface area (TPSA) is 44.1 Å². The molecule has 0 bridgehead atoms. The second-order valence-corrected chi connectivity index (χ2v) is 5.29. The highest BCUT2D eigenvalue weighted by molar-refractivity contribution is 7.10. The molecule has 0 fully saturated rings. The number of hydrogen-bond donors (Lipinski definition) is 0. The molecule has 2 aromatic rings. The molecule has 19 heavy (non-hydrogen) atoms. The average Bonchev–Trinajstić information content (AvgIpc) is 2.99. The third-order valence-corrected chi connectivity index (χ3v) is 4.24. The smallest absolute Gasteiger partial charge is 0.150 e. The first-order chi connectivity index (χ1) is 9.17. The summed E-state index contributed by atoms with van der Waals surface area (Å²) in [6.07, 6.45) is 0.757. The third kappa shape index (κ3) is 2.67. The number of thiophene rings is 1. The van der Waals surface area contributed by atoms with Crippen LogP contribution in [0.15, 0.2) is 35.7 Å². The van der Waals surface area contributed by atoms with Crippen LogP contribution in [0.2, 0.25) is 0 Å². The monoisotopic (exact) mass is 270 g/mol. The van der Waals surface area contributed by atoms with Gasteiger partial charge in [0.05, 0.1) is 17.3 Å². The van der Waals surface area contributed by atoms with Crippen molar-refractivity contribution < 1.29 is 4.79 Å². The van der Waals surface area contributed by atoms with Gasteiger partial charge < -0.3 is 4.90 Å². The van der Waals surface area contributed by atoms with E-state index in [4.69, 9.17) is 0 Å². The summed E-state index contributed by atoms with van der Waals surface area (Å²) in [5, 5.41) is 11.3. The lowest BCUT2D eigenvalue weighted by Gasteiger charge is -2.27. The van der Waals surface area contributed by atoms with Crippen molar-refractivity contribution in [3.05, 3.63) is 51.7 Å². The van der Waals surface area contributed by atoms with Gasteiger partial charge in [-0.1, -0.05) is 6.07 Å². The summed E-state index contributed by atoms with van der Waals surface area (Å²) >= 11 is 1.69. The molecule has 1 aromatic heterocycles. The van der Waals surface area contributed by atoms with Gasteiger partial charge in [0.15, 0.2) is 0 Å². The van der Waals surface area contributed by atoms with Gasteiger partial charge in [0.25, 0.3) is 0 Å². The Kier molecular flexibility index (Phi) is 3.98. The minimum Gasteiger partial charge on any atom is -0.366 e. The molecule has 0 aliphatic carbocycles. The molecular weight excluding hydrogens is 256 g/mol. The van der Waals surface area contributed by atoms with E-state index in [1.54, 1.807) is 23.5 Å². The molecule has 4 heteroatoms. The van der Waals surface area contributed by atoms with Gasteiger partial charge >= 0.3 is 0 Å². The van der Waals surface area contributed by atoms with Gasteiger partial charge in [0.2, 0.25) is 0 Å². The van der Waals surface area contributed by atoms with E-state index in [9.17, 15) is 10.1 Å². The Morgan fingerprint density at radius 3 is 2.79 bits per heavy atom. The molecule has 0 amide bonds. The quantitative estimate of drug-likeness (QED) is 0.797. The summed E-state index contributed by atoms with van der Waals surface area (Å²) in [6, 6.07) is 11.6. The van der Waals surface area contributed by atoms with Gasteiger partial charge in [-0.15, -0.1) is 11.3 Å². The Hall–Kier alpha value is -2.12. The predicted molar refractivity (Wildman–Crippen MR) is 77.7 cm³/mol. The van der Waals surface area contributed by atoms with Crippen molar-refractivity contribution in [2.75, 3.05) is 11.9 Å².